The van der Waals surface area contributed by atoms with Crippen LogP contribution in [-0.4, -0.2) is 43.9 Å². The highest BCUT2D eigenvalue weighted by molar-refractivity contribution is 7.71. The first-order valence-corrected chi connectivity index (χ1v) is 7.98. The number of imidazole rings is 1. The van der Waals surface area contributed by atoms with Gasteiger partial charge in [0.05, 0.1) is 5.69 Å². The fourth-order valence-electron chi connectivity index (χ4n) is 3.19. The van der Waals surface area contributed by atoms with Gasteiger partial charge >= 0.3 is 0 Å². The molecule has 1 aliphatic heterocycles. The summed E-state index contributed by atoms with van der Waals surface area (Å²) < 4.78 is 4.98. The highest BCUT2D eigenvalue weighted by atomic mass is 32.1. The largest absolute Gasteiger partial charge is 0.328 e. The Hall–Kier alpha value is -1.14. The SMILES string of the molecule is CCc1nn(C)c2c1[nH]c(=S)n2CCCN1CCCC1. The second-order valence-electron chi connectivity index (χ2n) is 5.61. The molecule has 2 aromatic rings. The molecule has 0 bridgehead atoms. The van der Waals surface area contributed by atoms with Crippen molar-refractivity contribution in [2.75, 3.05) is 19.6 Å². The second kappa shape index (κ2) is 5.69. The number of rotatable bonds is 5. The summed E-state index contributed by atoms with van der Waals surface area (Å²) in [6.07, 6.45) is 4.79. The van der Waals surface area contributed by atoms with E-state index < -0.39 is 0 Å². The van der Waals surface area contributed by atoms with E-state index >= 15 is 0 Å². The molecule has 1 fully saturated rings. The van der Waals surface area contributed by atoms with E-state index in [1.54, 1.807) is 0 Å². The van der Waals surface area contributed by atoms with Crippen molar-refractivity contribution in [3.63, 3.8) is 0 Å². The normalized spacial score (nSPS) is 16.5. The minimum absolute atomic E-state index is 0.823. The molecule has 20 heavy (non-hydrogen) atoms. The van der Waals surface area contributed by atoms with Crippen LogP contribution in [0.5, 0.6) is 0 Å². The molecule has 1 saturated heterocycles. The third kappa shape index (κ3) is 2.42. The minimum atomic E-state index is 0.823. The number of aryl methyl sites for hydroxylation is 3. The molecule has 0 aliphatic carbocycles. The fourth-order valence-corrected chi connectivity index (χ4v) is 3.47. The topological polar surface area (TPSA) is 41.8 Å². The molecular formula is C14H23N5S. The van der Waals surface area contributed by atoms with Gasteiger partial charge in [0.2, 0.25) is 0 Å². The van der Waals surface area contributed by atoms with Crippen LogP contribution in [0.3, 0.4) is 0 Å². The summed E-state index contributed by atoms with van der Waals surface area (Å²) in [4.78, 5) is 5.88. The van der Waals surface area contributed by atoms with Gasteiger partial charge in [0, 0.05) is 13.6 Å². The van der Waals surface area contributed by atoms with Gasteiger partial charge in [0.1, 0.15) is 5.52 Å². The van der Waals surface area contributed by atoms with E-state index in [-0.39, 0.29) is 0 Å². The molecule has 3 heterocycles. The lowest BCUT2D eigenvalue weighted by Gasteiger charge is -2.14. The number of fused-ring (bicyclic) bond motifs is 1. The molecule has 0 aromatic carbocycles. The van der Waals surface area contributed by atoms with E-state index in [1.165, 1.54) is 32.5 Å². The van der Waals surface area contributed by atoms with Crippen molar-refractivity contribution in [2.45, 2.75) is 39.2 Å². The Morgan fingerprint density at radius 1 is 1.25 bits per heavy atom. The van der Waals surface area contributed by atoms with Crippen LogP contribution in [0, 0.1) is 4.77 Å². The smallest absolute Gasteiger partial charge is 0.179 e. The number of aromatic amines is 1. The average Bonchev–Trinajstić information content (AvgIpc) is 3.10. The van der Waals surface area contributed by atoms with Gasteiger partial charge in [-0.15, -0.1) is 0 Å². The van der Waals surface area contributed by atoms with Crippen LogP contribution in [0.25, 0.3) is 11.2 Å². The van der Waals surface area contributed by atoms with Crippen molar-refractivity contribution in [3.05, 3.63) is 10.5 Å². The Labute approximate surface area is 124 Å². The van der Waals surface area contributed by atoms with E-state index in [0.29, 0.717) is 0 Å². The molecule has 6 heteroatoms. The van der Waals surface area contributed by atoms with Crippen molar-refractivity contribution in [1.82, 2.24) is 24.2 Å². The maximum Gasteiger partial charge on any atom is 0.179 e. The molecule has 110 valence electrons. The maximum atomic E-state index is 5.47. The van der Waals surface area contributed by atoms with Gasteiger partial charge in [-0.05, 0) is 57.5 Å². The summed E-state index contributed by atoms with van der Waals surface area (Å²) >= 11 is 5.47. The molecule has 1 aliphatic rings. The minimum Gasteiger partial charge on any atom is -0.328 e. The van der Waals surface area contributed by atoms with Gasteiger partial charge in [-0.25, -0.2) is 0 Å². The van der Waals surface area contributed by atoms with Gasteiger partial charge in [-0.2, -0.15) is 5.10 Å². The molecular weight excluding hydrogens is 270 g/mol. The van der Waals surface area contributed by atoms with E-state index in [9.17, 15) is 0 Å². The zero-order valence-electron chi connectivity index (χ0n) is 12.4. The van der Waals surface area contributed by atoms with Gasteiger partial charge in [0.15, 0.2) is 10.4 Å². The summed E-state index contributed by atoms with van der Waals surface area (Å²) in [6, 6.07) is 0. The first-order valence-electron chi connectivity index (χ1n) is 7.57. The third-order valence-corrected chi connectivity index (χ3v) is 4.53. The first kappa shape index (κ1) is 13.8. The van der Waals surface area contributed by atoms with Gasteiger partial charge in [-0.1, -0.05) is 6.92 Å². The molecule has 0 radical (unpaired) electrons. The quantitative estimate of drug-likeness (QED) is 0.861. The lowest BCUT2D eigenvalue weighted by molar-refractivity contribution is 0.325. The Balaban J connectivity index is 1.78. The predicted octanol–water partition coefficient (Wildman–Crippen LogP) is 2.48. The van der Waals surface area contributed by atoms with Crippen molar-refractivity contribution in [1.29, 1.82) is 0 Å². The van der Waals surface area contributed by atoms with Crippen LogP contribution in [0.2, 0.25) is 0 Å². The maximum absolute atomic E-state index is 5.47. The Bertz CT molecular complexity index is 644. The van der Waals surface area contributed by atoms with Crippen molar-refractivity contribution < 1.29 is 0 Å². The first-order chi connectivity index (χ1) is 9.70. The third-order valence-electron chi connectivity index (χ3n) is 4.21. The number of nitrogens with one attached hydrogen (secondary N) is 1. The van der Waals surface area contributed by atoms with Crippen LogP contribution in [0.15, 0.2) is 0 Å². The van der Waals surface area contributed by atoms with Crippen molar-refractivity contribution in [3.8, 4) is 0 Å². The molecule has 2 aromatic heterocycles. The molecule has 5 nitrogen and oxygen atoms in total. The van der Waals surface area contributed by atoms with Gasteiger partial charge in [0.25, 0.3) is 0 Å². The highest BCUT2D eigenvalue weighted by Crippen LogP contribution is 2.18. The molecule has 3 rings (SSSR count). The second-order valence-corrected chi connectivity index (χ2v) is 5.99. The Morgan fingerprint density at radius 2 is 2.00 bits per heavy atom. The van der Waals surface area contributed by atoms with Gasteiger partial charge in [-0.3, -0.25) is 4.68 Å². The zero-order valence-corrected chi connectivity index (χ0v) is 13.2. The molecule has 1 N–H and O–H groups in total. The number of hydrogen-bond donors (Lipinski definition) is 1. The fraction of sp³-hybridized carbons (Fsp3) is 0.714. The molecule has 0 unspecified atom stereocenters. The summed E-state index contributed by atoms with van der Waals surface area (Å²) in [5.74, 6) is 0. The monoisotopic (exact) mass is 293 g/mol. The lowest BCUT2D eigenvalue weighted by atomic mass is 10.3. The number of H-pyrrole nitrogens is 1. The molecule has 0 saturated carbocycles. The number of likely N-dealkylation sites (tertiary alicyclic amines) is 1. The molecule has 0 spiro atoms. The van der Waals surface area contributed by atoms with Crippen LogP contribution >= 0.6 is 12.2 Å². The number of aromatic nitrogens is 4. The number of hydrogen-bond acceptors (Lipinski definition) is 3. The predicted molar refractivity (Wildman–Crippen MR) is 83.6 cm³/mol. The lowest BCUT2D eigenvalue weighted by Crippen LogP contribution is -2.21. The van der Waals surface area contributed by atoms with E-state index in [1.807, 2.05) is 11.7 Å². The Morgan fingerprint density at radius 3 is 2.70 bits per heavy atom. The standard InChI is InChI=1S/C14H23N5S/c1-3-11-12-13(17(2)16-11)19(14(20)15-12)10-6-9-18-7-4-5-8-18/h3-10H2,1-2H3,(H,15,20). The summed E-state index contributed by atoms with van der Waals surface area (Å²) in [6.45, 7) is 6.80. The molecule has 0 atom stereocenters. The van der Waals surface area contributed by atoms with E-state index in [2.05, 4.69) is 26.5 Å². The van der Waals surface area contributed by atoms with Crippen LogP contribution in [-0.2, 0) is 20.0 Å². The Kier molecular flexibility index (Phi) is 3.94. The van der Waals surface area contributed by atoms with E-state index in [0.717, 1.165) is 41.0 Å². The van der Waals surface area contributed by atoms with Crippen LogP contribution < -0.4 is 0 Å². The average molecular weight is 293 g/mol. The summed E-state index contributed by atoms with van der Waals surface area (Å²) in [5.41, 5.74) is 3.35. The van der Waals surface area contributed by atoms with Crippen molar-refractivity contribution in [2.24, 2.45) is 7.05 Å². The van der Waals surface area contributed by atoms with E-state index in [4.69, 9.17) is 12.2 Å². The van der Waals surface area contributed by atoms with Crippen LogP contribution in [0.4, 0.5) is 0 Å². The zero-order chi connectivity index (χ0) is 14.1. The van der Waals surface area contributed by atoms with Gasteiger partial charge < -0.3 is 14.5 Å². The summed E-state index contributed by atoms with van der Waals surface area (Å²) in [5, 5.41) is 4.56. The summed E-state index contributed by atoms with van der Waals surface area (Å²) in [7, 11) is 2.00. The molecule has 0 amide bonds. The number of nitrogens with zero attached hydrogens (tertiary/aromatic N) is 4. The van der Waals surface area contributed by atoms with Crippen molar-refractivity contribution >= 4 is 23.4 Å². The highest BCUT2D eigenvalue weighted by Gasteiger charge is 2.15. The van der Waals surface area contributed by atoms with Crippen LogP contribution in [0.1, 0.15) is 31.9 Å².